The minimum absolute atomic E-state index is 0.303. The van der Waals surface area contributed by atoms with Crippen LogP contribution < -0.4 is 4.90 Å². The van der Waals surface area contributed by atoms with Gasteiger partial charge in [-0.1, -0.05) is 6.42 Å². The number of aryl methyl sites for hydroxylation is 1. The number of carbonyl (C=O) groups excluding carboxylic acids is 1. The molecule has 2 fully saturated rings. The van der Waals surface area contributed by atoms with E-state index in [-0.39, 0.29) is 0 Å². The number of carbonyl (C=O) groups is 1. The third-order valence-corrected chi connectivity index (χ3v) is 4.33. The number of hydrogen-bond acceptors (Lipinski definition) is 4. The maximum absolute atomic E-state index is 12.3. The van der Waals surface area contributed by atoms with Crippen molar-refractivity contribution in [2.75, 3.05) is 31.1 Å². The summed E-state index contributed by atoms with van der Waals surface area (Å²) in [5.74, 6) is 1.46. The smallest absolute Gasteiger partial charge is 0.225 e. The summed E-state index contributed by atoms with van der Waals surface area (Å²) >= 11 is 0. The average molecular weight is 274 g/mol. The number of amides is 1. The van der Waals surface area contributed by atoms with E-state index >= 15 is 0 Å². The van der Waals surface area contributed by atoms with E-state index < -0.39 is 0 Å². The van der Waals surface area contributed by atoms with Gasteiger partial charge < -0.3 is 9.80 Å². The van der Waals surface area contributed by atoms with Gasteiger partial charge in [-0.05, 0) is 32.3 Å². The summed E-state index contributed by atoms with van der Waals surface area (Å²) in [6, 6.07) is 1.91. The Balaban J connectivity index is 1.63. The van der Waals surface area contributed by atoms with Crippen molar-refractivity contribution in [1.82, 2.24) is 14.9 Å². The van der Waals surface area contributed by atoms with Gasteiger partial charge >= 0.3 is 0 Å². The Hall–Kier alpha value is -1.65. The van der Waals surface area contributed by atoms with E-state index in [9.17, 15) is 4.79 Å². The van der Waals surface area contributed by atoms with Crippen molar-refractivity contribution < 1.29 is 4.79 Å². The van der Waals surface area contributed by atoms with Gasteiger partial charge in [0.1, 0.15) is 0 Å². The molecule has 0 unspecified atom stereocenters. The van der Waals surface area contributed by atoms with Gasteiger partial charge in [-0.15, -0.1) is 0 Å². The van der Waals surface area contributed by atoms with Crippen molar-refractivity contribution in [3.05, 3.63) is 18.0 Å². The van der Waals surface area contributed by atoms with E-state index in [2.05, 4.69) is 14.9 Å². The molecule has 0 aromatic carbocycles. The molecule has 1 aromatic rings. The van der Waals surface area contributed by atoms with Crippen LogP contribution in [0.1, 0.15) is 31.4 Å². The molecule has 20 heavy (non-hydrogen) atoms. The van der Waals surface area contributed by atoms with E-state index in [1.54, 1.807) is 6.20 Å². The van der Waals surface area contributed by atoms with E-state index in [0.29, 0.717) is 11.8 Å². The Labute approximate surface area is 120 Å². The lowest BCUT2D eigenvalue weighted by atomic mass is 9.84. The minimum atomic E-state index is 0.303. The maximum Gasteiger partial charge on any atom is 0.225 e. The monoisotopic (exact) mass is 274 g/mol. The second kappa shape index (κ2) is 5.77. The van der Waals surface area contributed by atoms with Gasteiger partial charge in [-0.2, -0.15) is 0 Å². The molecule has 0 bridgehead atoms. The van der Waals surface area contributed by atoms with Crippen LogP contribution in [0, 0.1) is 12.8 Å². The predicted octanol–water partition coefficient (Wildman–Crippen LogP) is 1.62. The van der Waals surface area contributed by atoms with Gasteiger partial charge in [0.15, 0.2) is 0 Å². The standard InChI is InChI=1S/C15H22N4O/c1-12-6-7-16-15(17-12)19-9-3-8-18(10-11-19)14(20)13-4-2-5-13/h6-7,13H,2-5,8-11H2,1H3. The molecular weight excluding hydrogens is 252 g/mol. The van der Waals surface area contributed by atoms with Crippen LogP contribution in [0.2, 0.25) is 0 Å². The molecule has 2 aliphatic rings. The highest BCUT2D eigenvalue weighted by atomic mass is 16.2. The second-order valence-corrected chi connectivity index (χ2v) is 5.79. The summed E-state index contributed by atoms with van der Waals surface area (Å²) < 4.78 is 0. The van der Waals surface area contributed by atoms with Crippen molar-refractivity contribution in [2.24, 2.45) is 5.92 Å². The van der Waals surface area contributed by atoms with Crippen LogP contribution in [-0.4, -0.2) is 47.0 Å². The van der Waals surface area contributed by atoms with Crippen molar-refractivity contribution >= 4 is 11.9 Å². The molecular formula is C15H22N4O. The zero-order valence-electron chi connectivity index (χ0n) is 12.1. The highest BCUT2D eigenvalue weighted by Gasteiger charge is 2.30. The lowest BCUT2D eigenvalue weighted by Crippen LogP contribution is -2.41. The number of hydrogen-bond donors (Lipinski definition) is 0. The van der Waals surface area contributed by atoms with Crippen molar-refractivity contribution in [3.8, 4) is 0 Å². The van der Waals surface area contributed by atoms with Crippen LogP contribution >= 0.6 is 0 Å². The Morgan fingerprint density at radius 2 is 2.05 bits per heavy atom. The summed E-state index contributed by atoms with van der Waals surface area (Å²) in [6.07, 6.45) is 6.18. The average Bonchev–Trinajstić information content (AvgIpc) is 2.62. The van der Waals surface area contributed by atoms with Crippen molar-refractivity contribution in [2.45, 2.75) is 32.6 Å². The second-order valence-electron chi connectivity index (χ2n) is 5.79. The Morgan fingerprint density at radius 1 is 1.20 bits per heavy atom. The van der Waals surface area contributed by atoms with Gasteiger partial charge in [0, 0.05) is 44.0 Å². The van der Waals surface area contributed by atoms with E-state index in [0.717, 1.165) is 57.1 Å². The first-order valence-electron chi connectivity index (χ1n) is 7.57. The lowest BCUT2D eigenvalue weighted by Gasteiger charge is -2.31. The maximum atomic E-state index is 12.3. The minimum Gasteiger partial charge on any atom is -0.341 e. The molecule has 1 saturated heterocycles. The van der Waals surface area contributed by atoms with Gasteiger partial charge in [-0.3, -0.25) is 4.79 Å². The highest BCUT2D eigenvalue weighted by Crippen LogP contribution is 2.28. The first kappa shape index (κ1) is 13.3. The fourth-order valence-corrected chi connectivity index (χ4v) is 2.84. The zero-order valence-corrected chi connectivity index (χ0v) is 12.1. The quantitative estimate of drug-likeness (QED) is 0.822. The third kappa shape index (κ3) is 2.76. The molecule has 1 saturated carbocycles. The van der Waals surface area contributed by atoms with Crippen LogP contribution in [0.25, 0.3) is 0 Å². The molecule has 0 atom stereocenters. The van der Waals surface area contributed by atoms with Crippen LogP contribution in [0.5, 0.6) is 0 Å². The molecule has 3 rings (SSSR count). The van der Waals surface area contributed by atoms with Gasteiger partial charge in [0.05, 0.1) is 0 Å². The number of nitrogens with zero attached hydrogens (tertiary/aromatic N) is 4. The zero-order chi connectivity index (χ0) is 13.9. The van der Waals surface area contributed by atoms with Gasteiger partial charge in [0.25, 0.3) is 0 Å². The first-order chi connectivity index (χ1) is 9.74. The van der Waals surface area contributed by atoms with E-state index in [1.807, 2.05) is 17.9 Å². The number of anilines is 1. The summed E-state index contributed by atoms with van der Waals surface area (Å²) in [6.45, 7) is 5.42. The molecule has 1 aliphatic carbocycles. The normalized spacial score (nSPS) is 20.4. The fraction of sp³-hybridized carbons (Fsp3) is 0.667. The fourth-order valence-electron chi connectivity index (χ4n) is 2.84. The molecule has 5 heteroatoms. The largest absolute Gasteiger partial charge is 0.341 e. The molecule has 108 valence electrons. The topological polar surface area (TPSA) is 49.3 Å². The molecule has 5 nitrogen and oxygen atoms in total. The third-order valence-electron chi connectivity index (χ3n) is 4.33. The van der Waals surface area contributed by atoms with Crippen molar-refractivity contribution in [1.29, 1.82) is 0 Å². The Morgan fingerprint density at radius 3 is 2.75 bits per heavy atom. The number of aromatic nitrogens is 2. The highest BCUT2D eigenvalue weighted by molar-refractivity contribution is 5.79. The van der Waals surface area contributed by atoms with Crippen LogP contribution in [0.4, 0.5) is 5.95 Å². The summed E-state index contributed by atoms with van der Waals surface area (Å²) in [5, 5.41) is 0. The predicted molar refractivity (Wildman–Crippen MR) is 77.5 cm³/mol. The molecule has 1 amide bonds. The van der Waals surface area contributed by atoms with Crippen LogP contribution in [0.3, 0.4) is 0 Å². The van der Waals surface area contributed by atoms with Gasteiger partial charge in [-0.25, -0.2) is 9.97 Å². The molecule has 0 radical (unpaired) electrons. The Bertz CT molecular complexity index is 487. The molecule has 2 heterocycles. The lowest BCUT2D eigenvalue weighted by molar-refractivity contribution is -0.137. The van der Waals surface area contributed by atoms with E-state index in [1.165, 1.54) is 6.42 Å². The number of rotatable bonds is 2. The summed E-state index contributed by atoms with van der Waals surface area (Å²) in [7, 11) is 0. The van der Waals surface area contributed by atoms with E-state index in [4.69, 9.17) is 0 Å². The molecule has 1 aromatic heterocycles. The van der Waals surface area contributed by atoms with Crippen molar-refractivity contribution in [3.63, 3.8) is 0 Å². The van der Waals surface area contributed by atoms with Crippen LogP contribution in [-0.2, 0) is 4.79 Å². The molecule has 0 spiro atoms. The Kier molecular flexibility index (Phi) is 3.85. The van der Waals surface area contributed by atoms with Gasteiger partial charge in [0.2, 0.25) is 11.9 Å². The molecule has 0 N–H and O–H groups in total. The molecule has 1 aliphatic heterocycles. The summed E-state index contributed by atoms with van der Waals surface area (Å²) in [4.78, 5) is 25.4. The first-order valence-corrected chi connectivity index (χ1v) is 7.57. The summed E-state index contributed by atoms with van der Waals surface area (Å²) in [5.41, 5.74) is 0.988. The SMILES string of the molecule is Cc1ccnc(N2CCCN(C(=O)C3CCC3)CC2)n1. The van der Waals surface area contributed by atoms with Crippen LogP contribution in [0.15, 0.2) is 12.3 Å².